The number of ether oxygens (including phenoxy) is 2. The number of rotatable bonds is 8. The molecule has 6 heteroatoms. The van der Waals surface area contributed by atoms with Crippen molar-refractivity contribution in [1.82, 2.24) is 15.6 Å². The van der Waals surface area contributed by atoms with Gasteiger partial charge >= 0.3 is 0 Å². The number of methoxy groups -OCH3 is 1. The molecular formula is C13H22N4O2. The van der Waals surface area contributed by atoms with E-state index >= 15 is 0 Å². The van der Waals surface area contributed by atoms with E-state index in [1.807, 2.05) is 18.2 Å². The van der Waals surface area contributed by atoms with E-state index in [0.717, 1.165) is 11.7 Å². The Morgan fingerprint density at radius 3 is 2.84 bits per heavy atom. The predicted molar refractivity (Wildman–Crippen MR) is 75.1 cm³/mol. The smallest absolute Gasteiger partial charge is 0.191 e. The molecule has 0 aromatic carbocycles. The fourth-order valence-electron chi connectivity index (χ4n) is 1.38. The summed E-state index contributed by atoms with van der Waals surface area (Å²) in [5.41, 5.74) is 0.974. The molecule has 0 aliphatic rings. The van der Waals surface area contributed by atoms with Crippen molar-refractivity contribution in [3.05, 3.63) is 30.1 Å². The van der Waals surface area contributed by atoms with E-state index in [-0.39, 0.29) is 0 Å². The van der Waals surface area contributed by atoms with Gasteiger partial charge in [-0.1, -0.05) is 6.07 Å². The maximum atomic E-state index is 5.35. The molecule has 1 aromatic heterocycles. The lowest BCUT2D eigenvalue weighted by atomic mass is 10.3. The Hall–Kier alpha value is -1.66. The summed E-state index contributed by atoms with van der Waals surface area (Å²) in [4.78, 5) is 8.35. The van der Waals surface area contributed by atoms with Crippen LogP contribution < -0.4 is 10.6 Å². The van der Waals surface area contributed by atoms with E-state index in [1.165, 1.54) is 0 Å². The molecule has 0 radical (unpaired) electrons. The third-order valence-electron chi connectivity index (χ3n) is 2.36. The Morgan fingerprint density at radius 2 is 2.16 bits per heavy atom. The number of aromatic nitrogens is 1. The second-order valence-electron chi connectivity index (χ2n) is 3.78. The van der Waals surface area contributed by atoms with Crippen LogP contribution in [0.5, 0.6) is 0 Å². The standard InChI is InChI=1S/C13H22N4O2/c1-14-13(16-7-8-19-10-9-18-2)17-11-12-5-3-4-6-15-12/h3-6H,7-11H2,1-2H3,(H2,14,16,17). The molecule has 1 aromatic rings. The Bertz CT molecular complexity index is 357. The lowest BCUT2D eigenvalue weighted by molar-refractivity contribution is 0.0733. The quantitative estimate of drug-likeness (QED) is 0.405. The first-order valence-electron chi connectivity index (χ1n) is 6.28. The molecule has 0 atom stereocenters. The third-order valence-corrected chi connectivity index (χ3v) is 2.36. The molecule has 106 valence electrons. The van der Waals surface area contributed by atoms with E-state index in [0.29, 0.717) is 32.9 Å². The van der Waals surface area contributed by atoms with Crippen LogP contribution in [0.4, 0.5) is 0 Å². The van der Waals surface area contributed by atoms with Gasteiger partial charge in [0.2, 0.25) is 0 Å². The Labute approximate surface area is 114 Å². The molecule has 0 aliphatic carbocycles. The van der Waals surface area contributed by atoms with E-state index < -0.39 is 0 Å². The van der Waals surface area contributed by atoms with Crippen LogP contribution in [0.3, 0.4) is 0 Å². The van der Waals surface area contributed by atoms with E-state index in [9.17, 15) is 0 Å². The first-order chi connectivity index (χ1) is 9.36. The lowest BCUT2D eigenvalue weighted by Crippen LogP contribution is -2.38. The summed E-state index contributed by atoms with van der Waals surface area (Å²) in [5, 5.41) is 6.35. The second-order valence-corrected chi connectivity index (χ2v) is 3.78. The summed E-state index contributed by atoms with van der Waals surface area (Å²) in [6.07, 6.45) is 1.77. The van der Waals surface area contributed by atoms with Gasteiger partial charge in [-0.25, -0.2) is 0 Å². The highest BCUT2D eigenvalue weighted by Crippen LogP contribution is 1.91. The van der Waals surface area contributed by atoms with Crippen LogP contribution >= 0.6 is 0 Å². The van der Waals surface area contributed by atoms with E-state index in [2.05, 4.69) is 20.6 Å². The highest BCUT2D eigenvalue weighted by Gasteiger charge is 1.98. The molecule has 0 amide bonds. The van der Waals surface area contributed by atoms with E-state index in [4.69, 9.17) is 9.47 Å². The highest BCUT2D eigenvalue weighted by atomic mass is 16.5. The Morgan fingerprint density at radius 1 is 1.26 bits per heavy atom. The number of nitrogens with zero attached hydrogens (tertiary/aromatic N) is 2. The van der Waals surface area contributed by atoms with Gasteiger partial charge in [-0.15, -0.1) is 0 Å². The average Bonchev–Trinajstić information content (AvgIpc) is 2.47. The second kappa shape index (κ2) is 10.3. The summed E-state index contributed by atoms with van der Waals surface area (Å²) < 4.78 is 10.2. The van der Waals surface area contributed by atoms with Crippen LogP contribution in [0.2, 0.25) is 0 Å². The normalized spacial score (nSPS) is 11.4. The van der Waals surface area contributed by atoms with Crippen LogP contribution in [0, 0.1) is 0 Å². The molecule has 0 aliphatic heterocycles. The van der Waals surface area contributed by atoms with Crippen molar-refractivity contribution in [2.24, 2.45) is 4.99 Å². The fourth-order valence-corrected chi connectivity index (χ4v) is 1.38. The van der Waals surface area contributed by atoms with E-state index in [1.54, 1.807) is 20.4 Å². The molecule has 1 heterocycles. The molecule has 19 heavy (non-hydrogen) atoms. The number of hydrogen-bond donors (Lipinski definition) is 2. The maximum absolute atomic E-state index is 5.35. The summed E-state index contributed by atoms with van der Waals surface area (Å²) in [6, 6.07) is 5.83. The zero-order valence-corrected chi connectivity index (χ0v) is 11.6. The van der Waals surface area contributed by atoms with Crippen LogP contribution in [-0.4, -0.2) is 51.5 Å². The number of pyridine rings is 1. The molecule has 0 spiro atoms. The fraction of sp³-hybridized carbons (Fsp3) is 0.538. The minimum absolute atomic E-state index is 0.609. The van der Waals surface area contributed by atoms with Gasteiger partial charge in [0.05, 0.1) is 32.1 Å². The molecule has 0 saturated carbocycles. The van der Waals surface area contributed by atoms with Gasteiger partial charge in [0.1, 0.15) is 0 Å². The molecule has 0 fully saturated rings. The van der Waals surface area contributed by atoms with Crippen molar-refractivity contribution in [3.63, 3.8) is 0 Å². The van der Waals surface area contributed by atoms with Crippen LogP contribution in [0.25, 0.3) is 0 Å². The zero-order valence-electron chi connectivity index (χ0n) is 11.6. The summed E-state index contributed by atoms with van der Waals surface area (Å²) in [7, 11) is 3.39. The molecule has 6 nitrogen and oxygen atoms in total. The zero-order chi connectivity index (χ0) is 13.8. The molecule has 0 saturated heterocycles. The van der Waals surface area contributed by atoms with Crippen molar-refractivity contribution in [3.8, 4) is 0 Å². The molecule has 2 N–H and O–H groups in total. The van der Waals surface area contributed by atoms with Crippen LogP contribution in [0.15, 0.2) is 29.4 Å². The number of hydrogen-bond acceptors (Lipinski definition) is 4. The van der Waals surface area contributed by atoms with Gasteiger partial charge in [0.25, 0.3) is 0 Å². The number of guanidine groups is 1. The summed E-state index contributed by atoms with van der Waals surface area (Å²) in [5.74, 6) is 0.737. The topological polar surface area (TPSA) is 67.8 Å². The average molecular weight is 266 g/mol. The number of nitrogens with one attached hydrogen (secondary N) is 2. The van der Waals surface area contributed by atoms with Gasteiger partial charge in [0, 0.05) is 26.9 Å². The summed E-state index contributed by atoms with van der Waals surface area (Å²) >= 11 is 0. The van der Waals surface area contributed by atoms with Crippen molar-refractivity contribution >= 4 is 5.96 Å². The Balaban J connectivity index is 2.13. The van der Waals surface area contributed by atoms with Crippen molar-refractivity contribution in [1.29, 1.82) is 0 Å². The van der Waals surface area contributed by atoms with Gasteiger partial charge in [-0.05, 0) is 12.1 Å². The number of aliphatic imine (C=N–C) groups is 1. The molecule has 0 bridgehead atoms. The monoisotopic (exact) mass is 266 g/mol. The van der Waals surface area contributed by atoms with Gasteiger partial charge in [0.15, 0.2) is 5.96 Å². The van der Waals surface area contributed by atoms with Crippen molar-refractivity contribution in [2.75, 3.05) is 40.5 Å². The van der Waals surface area contributed by atoms with Crippen LogP contribution in [0.1, 0.15) is 5.69 Å². The summed E-state index contributed by atoms with van der Waals surface area (Å²) in [6.45, 7) is 3.19. The largest absolute Gasteiger partial charge is 0.382 e. The van der Waals surface area contributed by atoms with Gasteiger partial charge in [-0.2, -0.15) is 0 Å². The maximum Gasteiger partial charge on any atom is 0.191 e. The highest BCUT2D eigenvalue weighted by molar-refractivity contribution is 5.79. The first-order valence-corrected chi connectivity index (χ1v) is 6.28. The van der Waals surface area contributed by atoms with Crippen molar-refractivity contribution in [2.45, 2.75) is 6.54 Å². The van der Waals surface area contributed by atoms with Gasteiger partial charge < -0.3 is 20.1 Å². The predicted octanol–water partition coefficient (Wildman–Crippen LogP) is 0.410. The SMILES string of the molecule is CN=C(NCCOCCOC)NCc1ccccn1. The minimum atomic E-state index is 0.609. The first kappa shape index (κ1) is 15.4. The van der Waals surface area contributed by atoms with Crippen LogP contribution in [-0.2, 0) is 16.0 Å². The molecular weight excluding hydrogens is 244 g/mol. The third kappa shape index (κ3) is 7.38. The molecule has 0 unspecified atom stereocenters. The van der Waals surface area contributed by atoms with Crippen molar-refractivity contribution < 1.29 is 9.47 Å². The van der Waals surface area contributed by atoms with Gasteiger partial charge in [-0.3, -0.25) is 9.98 Å². The molecule has 1 rings (SSSR count). The Kier molecular flexibility index (Phi) is 8.33. The minimum Gasteiger partial charge on any atom is -0.382 e. The lowest BCUT2D eigenvalue weighted by Gasteiger charge is -2.11.